The first-order valence-corrected chi connectivity index (χ1v) is 16.2. The molecule has 6 heteroatoms. The second kappa shape index (κ2) is 20.0. The van der Waals surface area contributed by atoms with Crippen molar-refractivity contribution in [3.63, 3.8) is 0 Å². The number of anilines is 2. The van der Waals surface area contributed by atoms with Gasteiger partial charge in [0.15, 0.2) is 0 Å². The molecule has 216 valence electrons. The van der Waals surface area contributed by atoms with Gasteiger partial charge < -0.3 is 10.6 Å². The van der Waals surface area contributed by atoms with Crippen LogP contribution in [0.4, 0.5) is 10.3 Å². The summed E-state index contributed by atoms with van der Waals surface area (Å²) >= 11 is 1.39. The average molecular weight is 561 g/mol. The number of carbonyl (C=O) groups is 1. The van der Waals surface area contributed by atoms with Crippen molar-refractivity contribution in [2.45, 2.75) is 103 Å². The molecule has 40 heavy (non-hydrogen) atoms. The number of aromatic nitrogens is 2. The molecule has 0 bridgehead atoms. The smallest absolute Gasteiger partial charge is 0.226 e. The van der Waals surface area contributed by atoms with Crippen molar-refractivity contribution in [1.82, 2.24) is 10.2 Å². The van der Waals surface area contributed by atoms with Gasteiger partial charge in [0.05, 0.1) is 0 Å². The third kappa shape index (κ3) is 12.9. The van der Waals surface area contributed by atoms with Crippen molar-refractivity contribution in [3.8, 4) is 0 Å². The fraction of sp³-hybridized carbons (Fsp3) is 0.500. The van der Waals surface area contributed by atoms with Gasteiger partial charge in [0.1, 0.15) is 0 Å². The largest absolute Gasteiger partial charge is 0.359 e. The van der Waals surface area contributed by atoms with Gasteiger partial charge in [-0.3, -0.25) is 4.79 Å². The van der Waals surface area contributed by atoms with Gasteiger partial charge in [0, 0.05) is 18.9 Å². The highest BCUT2D eigenvalue weighted by molar-refractivity contribution is 7.19. The molecule has 0 spiro atoms. The highest BCUT2D eigenvalue weighted by Gasteiger charge is 2.15. The Morgan fingerprint density at radius 3 is 1.85 bits per heavy atom. The number of nitrogens with zero attached hydrogens (tertiary/aromatic N) is 2. The van der Waals surface area contributed by atoms with Crippen molar-refractivity contribution in [2.75, 3.05) is 17.2 Å². The zero-order chi connectivity index (χ0) is 28.1. The van der Waals surface area contributed by atoms with Crippen LogP contribution in [0.1, 0.15) is 114 Å². The van der Waals surface area contributed by atoms with Gasteiger partial charge in [0.25, 0.3) is 0 Å². The second-order valence-corrected chi connectivity index (χ2v) is 11.5. The Bertz CT molecular complexity index is 1040. The molecule has 0 aliphatic heterocycles. The molecule has 3 rings (SSSR count). The van der Waals surface area contributed by atoms with Gasteiger partial charge in [0.2, 0.25) is 16.2 Å². The molecule has 0 atom stereocenters. The number of nitrogens with one attached hydrogen (secondary N) is 2. The average Bonchev–Trinajstić information content (AvgIpc) is 3.43. The molecule has 3 aromatic rings. The Balaban J connectivity index is 1.25. The molecule has 0 saturated heterocycles. The predicted octanol–water partition coefficient (Wildman–Crippen LogP) is 9.76. The highest BCUT2D eigenvalue weighted by Crippen LogP contribution is 2.27. The molecule has 0 saturated carbocycles. The van der Waals surface area contributed by atoms with Crippen molar-refractivity contribution >= 4 is 27.5 Å². The SMILES string of the molecule is CCCCCCCCC=CCCCCCCCC(=O)Nc1nnc(NCC(c2ccccc2)c2ccccc2)s1. The predicted molar refractivity (Wildman–Crippen MR) is 171 cm³/mol. The molecule has 1 aromatic heterocycles. The lowest BCUT2D eigenvalue weighted by Crippen LogP contribution is -2.14. The van der Waals surface area contributed by atoms with E-state index in [-0.39, 0.29) is 11.8 Å². The van der Waals surface area contributed by atoms with E-state index in [0.29, 0.717) is 23.2 Å². The van der Waals surface area contributed by atoms with Crippen LogP contribution < -0.4 is 10.6 Å². The molecule has 0 fully saturated rings. The summed E-state index contributed by atoms with van der Waals surface area (Å²) in [4.78, 5) is 12.4. The maximum Gasteiger partial charge on any atom is 0.226 e. The van der Waals surface area contributed by atoms with Gasteiger partial charge in [-0.15, -0.1) is 10.2 Å². The van der Waals surface area contributed by atoms with Crippen LogP contribution in [0.5, 0.6) is 0 Å². The van der Waals surface area contributed by atoms with E-state index in [0.717, 1.165) is 12.8 Å². The highest BCUT2D eigenvalue weighted by atomic mass is 32.1. The zero-order valence-electron chi connectivity index (χ0n) is 24.3. The summed E-state index contributed by atoms with van der Waals surface area (Å²) in [6, 6.07) is 21.0. The van der Waals surface area contributed by atoms with E-state index in [4.69, 9.17) is 0 Å². The van der Waals surface area contributed by atoms with Crippen LogP contribution in [0.25, 0.3) is 0 Å². The van der Waals surface area contributed by atoms with Crippen LogP contribution in [0.3, 0.4) is 0 Å². The summed E-state index contributed by atoms with van der Waals surface area (Å²) in [6.07, 6.45) is 21.6. The number of hydrogen-bond acceptors (Lipinski definition) is 5. The third-order valence-electron chi connectivity index (χ3n) is 7.20. The summed E-state index contributed by atoms with van der Waals surface area (Å²) in [5.74, 6) is 0.220. The van der Waals surface area contributed by atoms with Crippen LogP contribution in [-0.4, -0.2) is 22.6 Å². The summed E-state index contributed by atoms with van der Waals surface area (Å²) in [7, 11) is 0. The quantitative estimate of drug-likeness (QED) is 0.100. The van der Waals surface area contributed by atoms with E-state index in [2.05, 4.69) is 88.4 Å². The Labute approximate surface area is 245 Å². The first-order chi connectivity index (χ1) is 19.8. The summed E-state index contributed by atoms with van der Waals surface area (Å²) in [5.41, 5.74) is 2.50. The fourth-order valence-corrected chi connectivity index (χ4v) is 5.54. The van der Waals surface area contributed by atoms with Gasteiger partial charge >= 0.3 is 0 Å². The first-order valence-electron chi connectivity index (χ1n) is 15.4. The molecule has 0 radical (unpaired) electrons. The minimum absolute atomic E-state index is 0.0202. The molecule has 5 nitrogen and oxygen atoms in total. The normalized spacial score (nSPS) is 11.3. The number of amides is 1. The number of carbonyl (C=O) groups excluding carboxylic acids is 1. The summed E-state index contributed by atoms with van der Waals surface area (Å²) in [5, 5.41) is 16.0. The van der Waals surface area contributed by atoms with E-state index in [1.165, 1.54) is 93.1 Å². The molecular weight excluding hydrogens is 512 g/mol. The van der Waals surface area contributed by atoms with E-state index in [1.54, 1.807) is 0 Å². The Morgan fingerprint density at radius 2 is 1.25 bits per heavy atom. The first kappa shape index (κ1) is 31.5. The Kier molecular flexibility index (Phi) is 15.7. The maximum atomic E-state index is 12.4. The lowest BCUT2D eigenvalue weighted by Gasteiger charge is -2.18. The van der Waals surface area contributed by atoms with Crippen molar-refractivity contribution in [3.05, 3.63) is 83.9 Å². The monoisotopic (exact) mass is 560 g/mol. The van der Waals surface area contributed by atoms with E-state index in [1.807, 2.05) is 12.1 Å². The fourth-order valence-electron chi connectivity index (χ4n) is 4.87. The molecule has 0 aliphatic carbocycles. The standard InChI is InChI=1S/C34H48N4OS/c1-2-3-4-5-6-7-8-9-10-11-12-13-14-15-22-27-32(39)36-34-38-37-33(40-34)35-28-31(29-23-18-16-19-24-29)30-25-20-17-21-26-30/h9-10,16-21,23-26,31H,2-8,11-15,22,27-28H2,1H3,(H,35,37)(H,36,38,39). The van der Waals surface area contributed by atoms with Gasteiger partial charge in [-0.1, -0.05) is 142 Å². The van der Waals surface area contributed by atoms with Crippen molar-refractivity contribution < 1.29 is 4.79 Å². The van der Waals surface area contributed by atoms with Gasteiger partial charge in [-0.05, 0) is 43.2 Å². The number of benzene rings is 2. The topological polar surface area (TPSA) is 66.9 Å². The molecule has 2 aromatic carbocycles. The third-order valence-corrected chi connectivity index (χ3v) is 7.99. The zero-order valence-corrected chi connectivity index (χ0v) is 25.1. The molecule has 2 N–H and O–H groups in total. The minimum atomic E-state index is 0.0202. The molecular formula is C34H48N4OS. The molecule has 0 aliphatic rings. The number of unbranched alkanes of at least 4 members (excludes halogenated alkanes) is 11. The van der Waals surface area contributed by atoms with Crippen LogP contribution in [0.15, 0.2) is 72.8 Å². The van der Waals surface area contributed by atoms with Crippen LogP contribution in [-0.2, 0) is 4.79 Å². The molecule has 1 amide bonds. The van der Waals surface area contributed by atoms with E-state index in [9.17, 15) is 4.79 Å². The maximum absolute atomic E-state index is 12.4. The Morgan fingerprint density at radius 1 is 0.725 bits per heavy atom. The van der Waals surface area contributed by atoms with Crippen molar-refractivity contribution in [1.29, 1.82) is 0 Å². The van der Waals surface area contributed by atoms with E-state index >= 15 is 0 Å². The molecule has 0 unspecified atom stereocenters. The second-order valence-electron chi connectivity index (χ2n) is 10.5. The van der Waals surface area contributed by atoms with Crippen molar-refractivity contribution in [2.24, 2.45) is 0 Å². The lowest BCUT2D eigenvalue weighted by atomic mass is 9.91. The van der Waals surface area contributed by atoms with Gasteiger partial charge in [-0.25, -0.2) is 0 Å². The molecule has 1 heterocycles. The lowest BCUT2D eigenvalue weighted by molar-refractivity contribution is -0.116. The number of allylic oxidation sites excluding steroid dienone is 2. The summed E-state index contributed by atoms with van der Waals surface area (Å²) in [6.45, 7) is 2.97. The van der Waals surface area contributed by atoms with Crippen LogP contribution in [0.2, 0.25) is 0 Å². The van der Waals surface area contributed by atoms with E-state index < -0.39 is 0 Å². The summed E-state index contributed by atoms with van der Waals surface area (Å²) < 4.78 is 0. The van der Waals surface area contributed by atoms with Gasteiger partial charge in [-0.2, -0.15) is 0 Å². The van der Waals surface area contributed by atoms with Crippen LogP contribution in [0, 0.1) is 0 Å². The number of hydrogen-bond donors (Lipinski definition) is 2. The number of rotatable bonds is 21. The Hall–Kier alpha value is -2.99. The minimum Gasteiger partial charge on any atom is -0.359 e. The van der Waals surface area contributed by atoms with Crippen LogP contribution >= 0.6 is 11.3 Å².